The van der Waals surface area contributed by atoms with Gasteiger partial charge in [0.1, 0.15) is 11.2 Å². The number of hydrogen-bond donors (Lipinski definition) is 2. The molecule has 1 aromatic heterocycles. The third-order valence-electron chi connectivity index (χ3n) is 7.96. The van der Waals surface area contributed by atoms with Crippen LogP contribution >= 0.6 is 0 Å². The number of nitrogens with two attached hydrogens (primary N) is 1. The molecule has 0 spiro atoms. The fourth-order valence-corrected chi connectivity index (χ4v) is 6.22. The molecule has 38 heavy (non-hydrogen) atoms. The molecule has 0 aliphatic rings. The number of benzene rings is 7. The second-order valence-electron chi connectivity index (χ2n) is 9.99. The minimum Gasteiger partial charge on any atom is -0.455 e. The summed E-state index contributed by atoms with van der Waals surface area (Å²) in [6.45, 7) is 0. The first-order valence-corrected chi connectivity index (χ1v) is 12.9. The molecule has 0 amide bonds. The molecule has 3 N–H and O–H groups in total. The normalized spacial score (nSPS) is 11.9. The van der Waals surface area contributed by atoms with Crippen LogP contribution in [0, 0.1) is 0 Å². The number of furan rings is 1. The summed E-state index contributed by atoms with van der Waals surface area (Å²) in [6, 6.07) is 38.6. The fraction of sp³-hybridized carbons (Fsp3) is 0.0286. The van der Waals surface area contributed by atoms with Crippen molar-refractivity contribution in [3.63, 3.8) is 0 Å². The third-order valence-corrected chi connectivity index (χ3v) is 7.96. The summed E-state index contributed by atoms with van der Waals surface area (Å²) in [4.78, 5) is 0. The van der Waals surface area contributed by atoms with Gasteiger partial charge in [-0.25, -0.2) is 0 Å². The van der Waals surface area contributed by atoms with Crippen molar-refractivity contribution in [2.24, 2.45) is 0 Å². The second-order valence-corrected chi connectivity index (χ2v) is 9.99. The standard InChI is InChI=1S/C35H24N2O/c1-37-34-28-16-12-20-14-17-30(36)27-15-13-23(33(28)32(20)27)19-29(34)22-7-4-6-21(18-22)24-9-5-10-26-25-8-2-3-11-31(25)38-35(24)26/h2-19,37H,36H2,1H3. The van der Waals surface area contributed by atoms with Crippen molar-refractivity contribution in [1.29, 1.82) is 0 Å². The number of rotatable bonds is 3. The van der Waals surface area contributed by atoms with Crippen LogP contribution in [-0.2, 0) is 0 Å². The summed E-state index contributed by atoms with van der Waals surface area (Å²) in [6.07, 6.45) is 0. The van der Waals surface area contributed by atoms with Crippen molar-refractivity contribution >= 4 is 65.6 Å². The first kappa shape index (κ1) is 21.1. The maximum atomic E-state index is 6.37. The monoisotopic (exact) mass is 488 g/mol. The van der Waals surface area contributed by atoms with Crippen LogP contribution in [0.2, 0.25) is 0 Å². The van der Waals surface area contributed by atoms with Gasteiger partial charge in [0.15, 0.2) is 0 Å². The Morgan fingerprint density at radius 3 is 2.18 bits per heavy atom. The SMILES string of the molecule is CNc1c(-c2cccc(-c3cccc4c3oc3ccccc34)c2)cc2ccc3c(N)ccc4ccc1c2c43. The molecular weight excluding hydrogens is 464 g/mol. The fourth-order valence-electron chi connectivity index (χ4n) is 6.22. The lowest BCUT2D eigenvalue weighted by Gasteiger charge is -2.19. The van der Waals surface area contributed by atoms with E-state index in [9.17, 15) is 0 Å². The van der Waals surface area contributed by atoms with Crippen LogP contribution in [0.5, 0.6) is 0 Å². The highest BCUT2D eigenvalue weighted by molar-refractivity contribution is 6.28. The Bertz CT molecular complexity index is 2190. The van der Waals surface area contributed by atoms with Gasteiger partial charge < -0.3 is 15.5 Å². The Labute approximate surface area is 219 Å². The van der Waals surface area contributed by atoms with Crippen molar-refractivity contribution in [2.45, 2.75) is 0 Å². The number of anilines is 2. The van der Waals surface area contributed by atoms with Gasteiger partial charge in [0, 0.05) is 51.1 Å². The van der Waals surface area contributed by atoms with E-state index < -0.39 is 0 Å². The summed E-state index contributed by atoms with van der Waals surface area (Å²) < 4.78 is 6.35. The maximum absolute atomic E-state index is 6.37. The smallest absolute Gasteiger partial charge is 0.143 e. The highest BCUT2D eigenvalue weighted by Crippen LogP contribution is 2.45. The lowest BCUT2D eigenvalue weighted by molar-refractivity contribution is 0.670. The Morgan fingerprint density at radius 1 is 0.579 bits per heavy atom. The summed E-state index contributed by atoms with van der Waals surface area (Å²) in [7, 11) is 2.00. The van der Waals surface area contributed by atoms with Crippen molar-refractivity contribution in [1.82, 2.24) is 0 Å². The Kier molecular flexibility index (Phi) is 4.30. The molecule has 0 atom stereocenters. The molecule has 0 unspecified atom stereocenters. The summed E-state index contributed by atoms with van der Waals surface area (Å²) >= 11 is 0. The lowest BCUT2D eigenvalue weighted by Crippen LogP contribution is -1.97. The van der Waals surface area contributed by atoms with Crippen molar-refractivity contribution in [3.8, 4) is 22.3 Å². The van der Waals surface area contributed by atoms with Gasteiger partial charge in [-0.1, -0.05) is 84.9 Å². The van der Waals surface area contributed by atoms with Crippen LogP contribution < -0.4 is 11.1 Å². The highest BCUT2D eigenvalue weighted by Gasteiger charge is 2.17. The van der Waals surface area contributed by atoms with Crippen LogP contribution in [-0.4, -0.2) is 7.05 Å². The van der Waals surface area contributed by atoms with E-state index in [0.29, 0.717) is 0 Å². The quantitative estimate of drug-likeness (QED) is 0.192. The first-order valence-electron chi connectivity index (χ1n) is 12.9. The molecule has 1 heterocycles. The molecule has 0 bridgehead atoms. The van der Waals surface area contributed by atoms with Crippen LogP contribution in [0.1, 0.15) is 0 Å². The number of hydrogen-bond acceptors (Lipinski definition) is 3. The number of para-hydroxylation sites is 2. The number of nitrogens with one attached hydrogen (secondary N) is 1. The van der Waals surface area contributed by atoms with E-state index in [1.54, 1.807) is 0 Å². The Morgan fingerprint density at radius 2 is 1.29 bits per heavy atom. The summed E-state index contributed by atoms with van der Waals surface area (Å²) in [5, 5.41) is 13.0. The van der Waals surface area contributed by atoms with Crippen molar-refractivity contribution in [2.75, 3.05) is 18.1 Å². The van der Waals surface area contributed by atoms with Crippen LogP contribution in [0.3, 0.4) is 0 Å². The zero-order valence-corrected chi connectivity index (χ0v) is 20.9. The second kappa shape index (κ2) is 7.74. The Hall–Kier alpha value is -5.02. The molecular formula is C35H24N2O. The third kappa shape index (κ3) is 2.84. The zero-order valence-electron chi connectivity index (χ0n) is 20.9. The van der Waals surface area contributed by atoms with Crippen LogP contribution in [0.4, 0.5) is 11.4 Å². The van der Waals surface area contributed by atoms with Crippen molar-refractivity contribution < 1.29 is 4.42 Å². The van der Waals surface area contributed by atoms with Gasteiger partial charge in [-0.2, -0.15) is 0 Å². The summed E-state index contributed by atoms with van der Waals surface area (Å²) in [5.41, 5.74) is 14.7. The molecule has 0 fully saturated rings. The molecule has 0 saturated heterocycles. The molecule has 3 nitrogen and oxygen atoms in total. The molecule has 8 rings (SSSR count). The van der Waals surface area contributed by atoms with Gasteiger partial charge in [0.05, 0.1) is 0 Å². The maximum Gasteiger partial charge on any atom is 0.143 e. The zero-order chi connectivity index (χ0) is 25.4. The highest BCUT2D eigenvalue weighted by atomic mass is 16.3. The van der Waals surface area contributed by atoms with E-state index in [-0.39, 0.29) is 0 Å². The molecule has 0 saturated carbocycles. The van der Waals surface area contributed by atoms with Gasteiger partial charge >= 0.3 is 0 Å². The van der Waals surface area contributed by atoms with Crippen LogP contribution in [0.15, 0.2) is 114 Å². The number of fused-ring (bicyclic) bond motifs is 3. The molecule has 8 aromatic rings. The molecule has 3 heteroatoms. The van der Waals surface area contributed by atoms with E-state index in [4.69, 9.17) is 10.2 Å². The number of nitrogen functional groups attached to an aromatic ring is 1. The Balaban J connectivity index is 1.38. The predicted octanol–water partition coefficient (Wildman–Crippen LogP) is 9.44. The van der Waals surface area contributed by atoms with Gasteiger partial charge in [-0.3, -0.25) is 0 Å². The van der Waals surface area contributed by atoms with E-state index in [1.807, 2.05) is 25.2 Å². The topological polar surface area (TPSA) is 51.2 Å². The van der Waals surface area contributed by atoms with Crippen molar-refractivity contribution in [3.05, 3.63) is 109 Å². The summed E-state index contributed by atoms with van der Waals surface area (Å²) in [5.74, 6) is 0. The minimum absolute atomic E-state index is 0.814. The molecule has 0 radical (unpaired) electrons. The molecule has 180 valence electrons. The van der Waals surface area contributed by atoms with Crippen LogP contribution in [0.25, 0.3) is 76.5 Å². The van der Waals surface area contributed by atoms with Gasteiger partial charge in [-0.05, 0) is 56.9 Å². The van der Waals surface area contributed by atoms with E-state index >= 15 is 0 Å². The van der Waals surface area contributed by atoms with E-state index in [2.05, 4.69) is 96.3 Å². The average Bonchev–Trinajstić information content (AvgIpc) is 3.35. The van der Waals surface area contributed by atoms with E-state index in [0.717, 1.165) is 55.4 Å². The van der Waals surface area contributed by atoms with E-state index in [1.165, 1.54) is 32.5 Å². The predicted molar refractivity (Wildman–Crippen MR) is 162 cm³/mol. The molecule has 0 aliphatic carbocycles. The first-order chi connectivity index (χ1) is 18.7. The largest absolute Gasteiger partial charge is 0.455 e. The molecule has 7 aromatic carbocycles. The lowest BCUT2D eigenvalue weighted by atomic mass is 9.88. The van der Waals surface area contributed by atoms with Gasteiger partial charge in [0.25, 0.3) is 0 Å². The van der Waals surface area contributed by atoms with Gasteiger partial charge in [-0.15, -0.1) is 0 Å². The minimum atomic E-state index is 0.814. The van der Waals surface area contributed by atoms with Gasteiger partial charge in [0.2, 0.25) is 0 Å². The average molecular weight is 489 g/mol. The molecule has 0 aliphatic heterocycles.